The van der Waals surface area contributed by atoms with E-state index in [-0.39, 0.29) is 0 Å². The average molecular weight is 360 g/mol. The number of aromatic nitrogens is 3. The molecule has 2 heterocycles. The van der Waals surface area contributed by atoms with Crippen LogP contribution in [0, 0.1) is 13.8 Å². The molecule has 136 valence electrons. The van der Waals surface area contributed by atoms with Crippen molar-refractivity contribution < 1.29 is 9.26 Å². The van der Waals surface area contributed by atoms with Crippen LogP contribution < -0.4 is 10.1 Å². The minimum atomic E-state index is 0.521. The molecule has 0 saturated heterocycles. The van der Waals surface area contributed by atoms with Crippen molar-refractivity contribution in [3.05, 3.63) is 65.5 Å². The summed E-state index contributed by atoms with van der Waals surface area (Å²) in [6.07, 6.45) is 0. The van der Waals surface area contributed by atoms with Crippen molar-refractivity contribution in [3.8, 4) is 17.1 Å². The Morgan fingerprint density at radius 2 is 1.93 bits per heavy atom. The van der Waals surface area contributed by atoms with E-state index in [2.05, 4.69) is 34.5 Å². The van der Waals surface area contributed by atoms with Crippen LogP contribution >= 0.6 is 0 Å². The van der Waals surface area contributed by atoms with Gasteiger partial charge in [-0.05, 0) is 42.8 Å². The number of ether oxygens (including phenoxy) is 1. The van der Waals surface area contributed by atoms with Gasteiger partial charge in [-0.2, -0.15) is 4.98 Å². The molecule has 0 radical (unpaired) electrons. The fraction of sp³-hybridized carbons (Fsp3) is 0.190. The van der Waals surface area contributed by atoms with Gasteiger partial charge >= 0.3 is 0 Å². The standard InChI is InChI=1S/C21H20N4O2/c1-13-7-8-19-16(9-13)11-18(21-23-14(2)27-25-21)20(24-19)22-12-15-5-4-6-17(10-15)26-3/h4-11H,12H2,1-3H3,(H,22,24). The van der Waals surface area contributed by atoms with Crippen molar-refractivity contribution in [3.63, 3.8) is 0 Å². The summed E-state index contributed by atoms with van der Waals surface area (Å²) in [5.41, 5.74) is 4.00. The number of hydrogen-bond donors (Lipinski definition) is 1. The summed E-state index contributed by atoms with van der Waals surface area (Å²) in [5, 5.41) is 8.52. The van der Waals surface area contributed by atoms with E-state index in [9.17, 15) is 0 Å². The Labute approximate surface area is 157 Å². The van der Waals surface area contributed by atoms with Crippen molar-refractivity contribution in [1.82, 2.24) is 15.1 Å². The number of benzene rings is 2. The van der Waals surface area contributed by atoms with Gasteiger partial charge in [-0.15, -0.1) is 0 Å². The summed E-state index contributed by atoms with van der Waals surface area (Å²) in [6.45, 7) is 4.44. The zero-order valence-electron chi connectivity index (χ0n) is 15.5. The van der Waals surface area contributed by atoms with Crippen molar-refractivity contribution in [2.24, 2.45) is 0 Å². The Hall–Kier alpha value is -3.41. The Morgan fingerprint density at radius 3 is 2.70 bits per heavy atom. The molecule has 4 rings (SSSR count). The molecular weight excluding hydrogens is 340 g/mol. The summed E-state index contributed by atoms with van der Waals surface area (Å²) in [6, 6.07) is 16.2. The van der Waals surface area contributed by atoms with Crippen LogP contribution in [0.5, 0.6) is 5.75 Å². The maximum absolute atomic E-state index is 5.30. The molecule has 0 bridgehead atoms. The van der Waals surface area contributed by atoms with Gasteiger partial charge in [-0.25, -0.2) is 4.98 Å². The highest BCUT2D eigenvalue weighted by Crippen LogP contribution is 2.29. The molecular formula is C21H20N4O2. The summed E-state index contributed by atoms with van der Waals surface area (Å²) in [5.74, 6) is 2.59. The highest BCUT2D eigenvalue weighted by atomic mass is 16.5. The summed E-state index contributed by atoms with van der Waals surface area (Å²) in [7, 11) is 1.66. The SMILES string of the molecule is COc1cccc(CNc2nc3ccc(C)cc3cc2-c2noc(C)n2)c1. The van der Waals surface area contributed by atoms with Crippen LogP contribution in [0.1, 0.15) is 17.0 Å². The van der Waals surface area contributed by atoms with Crippen molar-refractivity contribution in [2.45, 2.75) is 20.4 Å². The fourth-order valence-electron chi connectivity index (χ4n) is 2.98. The van der Waals surface area contributed by atoms with Crippen LogP contribution in [-0.4, -0.2) is 22.2 Å². The molecule has 0 spiro atoms. The zero-order chi connectivity index (χ0) is 18.8. The number of aryl methyl sites for hydroxylation is 2. The number of hydrogen-bond acceptors (Lipinski definition) is 6. The van der Waals surface area contributed by atoms with Gasteiger partial charge in [0.1, 0.15) is 11.6 Å². The lowest BCUT2D eigenvalue weighted by Crippen LogP contribution is -2.04. The maximum Gasteiger partial charge on any atom is 0.223 e. The monoisotopic (exact) mass is 360 g/mol. The van der Waals surface area contributed by atoms with Crippen molar-refractivity contribution in [2.75, 3.05) is 12.4 Å². The summed E-state index contributed by atoms with van der Waals surface area (Å²) in [4.78, 5) is 9.17. The smallest absolute Gasteiger partial charge is 0.223 e. The molecule has 4 aromatic rings. The molecule has 2 aromatic carbocycles. The van der Waals surface area contributed by atoms with Crippen LogP contribution in [-0.2, 0) is 6.54 Å². The van der Waals surface area contributed by atoms with E-state index in [1.807, 2.05) is 36.4 Å². The Morgan fingerprint density at radius 1 is 1.04 bits per heavy atom. The highest BCUT2D eigenvalue weighted by molar-refractivity contribution is 5.88. The summed E-state index contributed by atoms with van der Waals surface area (Å²) < 4.78 is 10.5. The fourth-order valence-corrected chi connectivity index (χ4v) is 2.98. The van der Waals surface area contributed by atoms with Gasteiger partial charge in [0, 0.05) is 18.9 Å². The number of anilines is 1. The first-order valence-electron chi connectivity index (χ1n) is 8.71. The van der Waals surface area contributed by atoms with Gasteiger partial charge in [-0.1, -0.05) is 28.9 Å². The second-order valence-corrected chi connectivity index (χ2v) is 6.42. The molecule has 0 aliphatic heterocycles. The minimum absolute atomic E-state index is 0.521. The molecule has 0 unspecified atom stereocenters. The average Bonchev–Trinajstić information content (AvgIpc) is 3.12. The highest BCUT2D eigenvalue weighted by Gasteiger charge is 2.14. The third kappa shape index (κ3) is 3.60. The van der Waals surface area contributed by atoms with Crippen LogP contribution in [0.3, 0.4) is 0 Å². The third-order valence-corrected chi connectivity index (χ3v) is 4.33. The van der Waals surface area contributed by atoms with Crippen molar-refractivity contribution >= 4 is 16.7 Å². The first kappa shape index (κ1) is 17.0. The lowest BCUT2D eigenvalue weighted by Gasteiger charge is -2.12. The number of nitrogens with one attached hydrogen (secondary N) is 1. The number of fused-ring (bicyclic) bond motifs is 1. The minimum Gasteiger partial charge on any atom is -0.497 e. The lowest BCUT2D eigenvalue weighted by molar-refractivity contribution is 0.394. The van der Waals surface area contributed by atoms with Crippen LogP contribution in [0.4, 0.5) is 5.82 Å². The Kier molecular flexibility index (Phi) is 4.46. The predicted molar refractivity (Wildman–Crippen MR) is 105 cm³/mol. The number of methoxy groups -OCH3 is 1. The number of rotatable bonds is 5. The van der Waals surface area contributed by atoms with E-state index in [0.717, 1.165) is 33.6 Å². The molecule has 1 N–H and O–H groups in total. The number of pyridine rings is 1. The van der Waals surface area contributed by atoms with Gasteiger partial charge in [0.2, 0.25) is 11.7 Å². The van der Waals surface area contributed by atoms with Gasteiger partial charge < -0.3 is 14.6 Å². The maximum atomic E-state index is 5.30. The Bertz CT molecular complexity index is 1100. The zero-order valence-corrected chi connectivity index (χ0v) is 15.5. The van der Waals surface area contributed by atoms with E-state index < -0.39 is 0 Å². The first-order chi connectivity index (χ1) is 13.1. The van der Waals surface area contributed by atoms with Crippen LogP contribution in [0.2, 0.25) is 0 Å². The largest absolute Gasteiger partial charge is 0.497 e. The Balaban J connectivity index is 1.74. The van der Waals surface area contributed by atoms with E-state index in [0.29, 0.717) is 18.3 Å². The molecule has 0 amide bonds. The third-order valence-electron chi connectivity index (χ3n) is 4.33. The molecule has 6 heteroatoms. The molecule has 6 nitrogen and oxygen atoms in total. The van der Waals surface area contributed by atoms with Gasteiger partial charge in [0.05, 0.1) is 18.2 Å². The predicted octanol–water partition coefficient (Wildman–Crippen LogP) is 4.52. The molecule has 0 aliphatic rings. The molecule has 2 aromatic heterocycles. The second kappa shape index (κ2) is 7.07. The normalized spacial score (nSPS) is 10.9. The van der Waals surface area contributed by atoms with Gasteiger partial charge in [-0.3, -0.25) is 0 Å². The van der Waals surface area contributed by atoms with E-state index in [4.69, 9.17) is 14.2 Å². The van der Waals surface area contributed by atoms with Gasteiger partial charge in [0.25, 0.3) is 0 Å². The molecule has 27 heavy (non-hydrogen) atoms. The van der Waals surface area contributed by atoms with E-state index in [1.54, 1.807) is 14.0 Å². The number of nitrogens with zero attached hydrogens (tertiary/aromatic N) is 3. The molecule has 0 saturated carbocycles. The molecule has 0 aliphatic carbocycles. The first-order valence-corrected chi connectivity index (χ1v) is 8.71. The van der Waals surface area contributed by atoms with E-state index in [1.165, 1.54) is 5.56 Å². The second-order valence-electron chi connectivity index (χ2n) is 6.42. The van der Waals surface area contributed by atoms with Crippen LogP contribution in [0.25, 0.3) is 22.3 Å². The van der Waals surface area contributed by atoms with Gasteiger partial charge in [0.15, 0.2) is 0 Å². The summed E-state index contributed by atoms with van der Waals surface area (Å²) >= 11 is 0. The van der Waals surface area contributed by atoms with Crippen molar-refractivity contribution in [1.29, 1.82) is 0 Å². The van der Waals surface area contributed by atoms with E-state index >= 15 is 0 Å². The molecule has 0 fully saturated rings. The lowest BCUT2D eigenvalue weighted by atomic mass is 10.1. The molecule has 0 atom stereocenters. The topological polar surface area (TPSA) is 73.1 Å². The quantitative estimate of drug-likeness (QED) is 0.564. The van der Waals surface area contributed by atoms with Crippen LogP contribution in [0.15, 0.2) is 53.1 Å².